The first kappa shape index (κ1) is 38.6. The minimum Gasteiger partial charge on any atom is -0.493 e. The largest absolute Gasteiger partial charge is 0.493 e. The zero-order valence-corrected chi connectivity index (χ0v) is 31.5. The molecule has 0 atom stereocenters. The number of anilines is 2. The molecule has 6 N–H and O–H groups in total. The van der Waals surface area contributed by atoms with Crippen molar-refractivity contribution < 1.29 is 38.6 Å². The van der Waals surface area contributed by atoms with Gasteiger partial charge in [0.25, 0.3) is 0 Å². The number of benzene rings is 4. The van der Waals surface area contributed by atoms with Gasteiger partial charge in [0.1, 0.15) is 0 Å². The first-order valence-electron chi connectivity index (χ1n) is 15.8. The van der Waals surface area contributed by atoms with Gasteiger partial charge >= 0.3 is 0 Å². The van der Waals surface area contributed by atoms with Gasteiger partial charge in [-0.15, -0.1) is 20.5 Å². The average molecular weight is 773 g/mol. The van der Waals surface area contributed by atoms with E-state index < -0.39 is 0 Å². The van der Waals surface area contributed by atoms with Crippen LogP contribution in [0.3, 0.4) is 0 Å². The van der Waals surface area contributed by atoms with Gasteiger partial charge in [0.15, 0.2) is 34.4 Å². The maximum absolute atomic E-state index is 10.0. The van der Waals surface area contributed by atoms with Crippen molar-refractivity contribution in [2.45, 2.75) is 0 Å². The van der Waals surface area contributed by atoms with Crippen LogP contribution in [0.2, 0.25) is 0 Å². The van der Waals surface area contributed by atoms with Crippen LogP contribution in [0.4, 0.5) is 22.7 Å². The number of aromatic hydroxyl groups is 2. The fourth-order valence-electron chi connectivity index (χ4n) is 5.22. The molecule has 0 radical (unpaired) electrons. The summed E-state index contributed by atoms with van der Waals surface area (Å²) in [6, 6.07) is 21.5. The summed E-state index contributed by atoms with van der Waals surface area (Å²) < 4.78 is 31.8. The van der Waals surface area contributed by atoms with Crippen molar-refractivity contribution in [3.63, 3.8) is 0 Å². The minimum atomic E-state index is -0.0736. The molecule has 0 spiro atoms. The van der Waals surface area contributed by atoms with Crippen LogP contribution >= 0.6 is 24.4 Å². The quantitative estimate of drug-likeness (QED) is 0.0572. The first-order valence-corrected chi connectivity index (χ1v) is 16.6. The molecule has 0 aliphatic heterocycles. The van der Waals surface area contributed by atoms with Gasteiger partial charge in [0, 0.05) is 46.4 Å². The van der Waals surface area contributed by atoms with Gasteiger partial charge in [0.2, 0.25) is 33.5 Å². The predicted octanol–water partition coefficient (Wildman–Crippen LogP) is 8.76. The Morgan fingerprint density at radius 2 is 0.870 bits per heavy atom. The minimum absolute atomic E-state index is 0.0736. The molecule has 6 aromatic rings. The Hall–Kier alpha value is -6.66. The molecule has 0 amide bonds. The second-order valence-electron chi connectivity index (χ2n) is 10.8. The number of ether oxygens (including phenoxy) is 6. The molecule has 0 aliphatic carbocycles. The number of nitrogens with zero attached hydrogens (tertiary/aromatic N) is 4. The van der Waals surface area contributed by atoms with E-state index in [9.17, 15) is 10.2 Å². The lowest BCUT2D eigenvalue weighted by molar-refractivity contribution is 0.324. The second-order valence-corrected chi connectivity index (χ2v) is 11.6. The number of hydrogen-bond acceptors (Lipinski definition) is 12. The van der Waals surface area contributed by atoms with E-state index in [0.29, 0.717) is 57.2 Å². The van der Waals surface area contributed by atoms with Gasteiger partial charge in [0.05, 0.1) is 53.7 Å². The highest BCUT2D eigenvalue weighted by atomic mass is 32.1. The van der Waals surface area contributed by atoms with Gasteiger partial charge in [-0.1, -0.05) is 36.4 Å². The zero-order valence-electron chi connectivity index (χ0n) is 29.9. The van der Waals surface area contributed by atoms with Gasteiger partial charge in [-0.2, -0.15) is 0 Å². The number of thiocarbonyl (C=S) groups is 2. The Morgan fingerprint density at radius 1 is 0.537 bits per heavy atom. The third-order valence-corrected chi connectivity index (χ3v) is 8.00. The maximum atomic E-state index is 10.0. The average Bonchev–Trinajstić information content (AvgIpc) is 3.69. The summed E-state index contributed by atoms with van der Waals surface area (Å²) in [4.78, 5) is 5.67. The summed E-state index contributed by atoms with van der Waals surface area (Å²) in [7, 11) is 9.16. The van der Waals surface area contributed by atoms with Crippen molar-refractivity contribution in [1.82, 2.24) is 9.97 Å². The third-order valence-electron chi connectivity index (χ3n) is 7.63. The lowest BCUT2D eigenvalue weighted by atomic mass is 10.2. The molecule has 0 aliphatic rings. The van der Waals surface area contributed by atoms with Crippen LogP contribution in [-0.4, -0.2) is 73.1 Å². The molecular weight excluding hydrogens is 737 g/mol. The molecule has 54 heavy (non-hydrogen) atoms. The Bertz CT molecular complexity index is 2150. The number of azo groups is 2. The Morgan fingerprint density at radius 3 is 1.19 bits per heavy atom. The summed E-state index contributed by atoms with van der Waals surface area (Å²) >= 11 is 10.4. The van der Waals surface area contributed by atoms with Crippen molar-refractivity contribution in [3.05, 3.63) is 72.8 Å². The Labute approximate surface area is 319 Å². The standard InChI is InChI=1S/2C18H18N4O4S/c2*1-24-13-8-10(9-14(25-2)16(13)26-3)19-18(27)22-21-15-11-6-4-5-7-12(11)20-17(15)23/h2*4-9,20,23H,1-3H3,(H,19,27). The Balaban J connectivity index is 0.000000208. The number of H-pyrrole nitrogens is 2. The number of methoxy groups -OCH3 is 6. The molecule has 2 heterocycles. The topological polar surface area (TPSA) is 201 Å². The number of rotatable bonds is 10. The van der Waals surface area contributed by atoms with Crippen molar-refractivity contribution in [3.8, 4) is 46.3 Å². The monoisotopic (exact) mass is 772 g/mol. The third kappa shape index (κ3) is 8.68. The van der Waals surface area contributed by atoms with Crippen LogP contribution in [0.25, 0.3) is 21.8 Å². The fourth-order valence-corrected chi connectivity index (χ4v) is 5.54. The molecule has 280 valence electrons. The highest BCUT2D eigenvalue weighted by molar-refractivity contribution is 7.80. The number of aromatic amines is 2. The van der Waals surface area contributed by atoms with Crippen molar-refractivity contribution >= 4 is 79.2 Å². The van der Waals surface area contributed by atoms with E-state index in [0.717, 1.165) is 21.8 Å². The Kier molecular flexibility index (Phi) is 12.6. The summed E-state index contributed by atoms with van der Waals surface area (Å²) in [5, 5.41) is 43.7. The number of fused-ring (bicyclic) bond motifs is 2. The van der Waals surface area contributed by atoms with E-state index in [1.165, 1.54) is 42.7 Å². The summed E-state index contributed by atoms with van der Waals surface area (Å²) in [5.41, 5.74) is 3.34. The summed E-state index contributed by atoms with van der Waals surface area (Å²) in [6.07, 6.45) is 0. The molecular formula is C36H36N8O8S2. The predicted molar refractivity (Wildman–Crippen MR) is 214 cm³/mol. The summed E-state index contributed by atoms with van der Waals surface area (Å²) in [5.74, 6) is 2.72. The highest BCUT2D eigenvalue weighted by Gasteiger charge is 2.16. The van der Waals surface area contributed by atoms with Crippen molar-refractivity contribution in [2.75, 3.05) is 53.3 Å². The van der Waals surface area contributed by atoms with Crippen LogP contribution in [0.1, 0.15) is 0 Å². The zero-order chi connectivity index (χ0) is 38.8. The molecule has 16 nitrogen and oxygen atoms in total. The van der Waals surface area contributed by atoms with Gasteiger partial charge < -0.3 is 59.2 Å². The summed E-state index contributed by atoms with van der Waals surface area (Å²) in [6.45, 7) is 0. The van der Waals surface area contributed by atoms with Crippen LogP contribution < -0.4 is 39.1 Å². The van der Waals surface area contributed by atoms with E-state index in [4.69, 9.17) is 52.9 Å². The lowest BCUT2D eigenvalue weighted by Gasteiger charge is -2.14. The maximum Gasteiger partial charge on any atom is 0.218 e. The number of nitrogens with one attached hydrogen (secondary N) is 4. The van der Waals surface area contributed by atoms with E-state index in [2.05, 4.69) is 41.1 Å². The van der Waals surface area contributed by atoms with Crippen molar-refractivity contribution in [1.29, 1.82) is 0 Å². The van der Waals surface area contributed by atoms with E-state index in [1.807, 2.05) is 48.5 Å². The van der Waals surface area contributed by atoms with E-state index >= 15 is 0 Å². The molecule has 0 fully saturated rings. The second kappa shape index (κ2) is 17.7. The molecule has 2 aromatic heterocycles. The van der Waals surface area contributed by atoms with E-state index in [-0.39, 0.29) is 22.0 Å². The number of para-hydroxylation sites is 2. The lowest BCUT2D eigenvalue weighted by Crippen LogP contribution is -2.06. The van der Waals surface area contributed by atoms with Crippen molar-refractivity contribution in [2.24, 2.45) is 20.5 Å². The SMILES string of the molecule is COc1cc(NC(=S)N=Nc2c(O)[nH]c3ccccc23)cc(OC)c1OC.COc1cc(NC(=S)N=Nc2c(O)[nH]c3ccccc23)cc(OC)c1OC. The molecule has 6 rings (SSSR count). The van der Waals surface area contributed by atoms with E-state index in [1.54, 1.807) is 24.3 Å². The van der Waals surface area contributed by atoms with Crippen LogP contribution in [0.5, 0.6) is 46.3 Å². The first-order chi connectivity index (χ1) is 26.1. The number of aromatic nitrogens is 2. The molecule has 0 saturated heterocycles. The molecule has 0 bridgehead atoms. The van der Waals surface area contributed by atoms with Crippen LogP contribution in [0.15, 0.2) is 93.3 Å². The highest BCUT2D eigenvalue weighted by Crippen LogP contribution is 2.42. The van der Waals surface area contributed by atoms with Gasteiger partial charge in [-0.3, -0.25) is 0 Å². The van der Waals surface area contributed by atoms with Crippen LogP contribution in [0, 0.1) is 0 Å². The normalized spacial score (nSPS) is 10.9. The van der Waals surface area contributed by atoms with Gasteiger partial charge in [-0.05, 0) is 36.6 Å². The molecule has 0 unspecified atom stereocenters. The smallest absolute Gasteiger partial charge is 0.218 e. The molecule has 0 saturated carbocycles. The van der Waals surface area contributed by atoms with Gasteiger partial charge in [-0.25, -0.2) is 0 Å². The molecule has 18 heteroatoms. The number of hydrogen-bond donors (Lipinski definition) is 6. The van der Waals surface area contributed by atoms with Crippen LogP contribution in [-0.2, 0) is 0 Å². The fraction of sp³-hybridized carbons (Fsp3) is 0.167. The molecule has 4 aromatic carbocycles.